The smallest absolute Gasteiger partial charge is 0.161 e. The van der Waals surface area contributed by atoms with Crippen LogP contribution in [0.15, 0.2) is 30.6 Å². The summed E-state index contributed by atoms with van der Waals surface area (Å²) in [5.41, 5.74) is 1.27. The molecule has 9 nitrogen and oxygen atoms in total. The van der Waals surface area contributed by atoms with Crippen molar-refractivity contribution in [3.8, 4) is 11.5 Å². The van der Waals surface area contributed by atoms with Gasteiger partial charge in [-0.15, -0.1) is 0 Å². The van der Waals surface area contributed by atoms with Gasteiger partial charge in [0.1, 0.15) is 18.8 Å². The Morgan fingerprint density at radius 1 is 1.15 bits per heavy atom. The van der Waals surface area contributed by atoms with Gasteiger partial charge in [-0.05, 0) is 38.1 Å². The van der Waals surface area contributed by atoms with Crippen LogP contribution in [0.2, 0.25) is 0 Å². The molecular formula is C25H37N5O4. The number of aliphatic hydroxyl groups is 1. The molecule has 0 radical (unpaired) electrons. The van der Waals surface area contributed by atoms with Crippen molar-refractivity contribution < 1.29 is 19.3 Å². The van der Waals surface area contributed by atoms with Crippen molar-refractivity contribution in [2.75, 3.05) is 78.1 Å². The van der Waals surface area contributed by atoms with Crippen molar-refractivity contribution in [3.05, 3.63) is 41.9 Å². The number of likely N-dealkylation sites (N-methyl/N-ethyl adjacent to an activating group) is 1. The molecule has 1 aromatic carbocycles. The standard InChI is InChI=1S/C25H37N5O4/c1-20-14-24(27-19-26-20)30-7-6-25(31,18-30)17-28(2)16-21-4-5-22(23(15-21)32-3)34-13-10-29-8-11-33-12-9-29/h4-5,14-15,19,31H,6-13,16-18H2,1-3H3/t25-/m1/s1. The van der Waals surface area contributed by atoms with Gasteiger partial charge in [-0.25, -0.2) is 9.97 Å². The van der Waals surface area contributed by atoms with Gasteiger partial charge in [-0.3, -0.25) is 9.80 Å². The van der Waals surface area contributed by atoms with Crippen LogP contribution in [-0.2, 0) is 11.3 Å². The largest absolute Gasteiger partial charge is 0.493 e. The average Bonchev–Trinajstić information content (AvgIpc) is 3.22. The van der Waals surface area contributed by atoms with E-state index in [1.807, 2.05) is 32.2 Å². The van der Waals surface area contributed by atoms with Gasteiger partial charge in [0.25, 0.3) is 0 Å². The molecule has 34 heavy (non-hydrogen) atoms. The van der Waals surface area contributed by atoms with Crippen molar-refractivity contribution in [2.24, 2.45) is 0 Å². The van der Waals surface area contributed by atoms with Crippen LogP contribution < -0.4 is 14.4 Å². The molecule has 0 unspecified atom stereocenters. The van der Waals surface area contributed by atoms with E-state index >= 15 is 0 Å². The van der Waals surface area contributed by atoms with Crippen LogP contribution in [0.4, 0.5) is 5.82 Å². The summed E-state index contributed by atoms with van der Waals surface area (Å²) in [6.07, 6.45) is 2.29. The number of benzene rings is 1. The van der Waals surface area contributed by atoms with Gasteiger partial charge in [0.05, 0.1) is 25.9 Å². The predicted molar refractivity (Wildman–Crippen MR) is 131 cm³/mol. The summed E-state index contributed by atoms with van der Waals surface area (Å²) in [5, 5.41) is 11.2. The third-order valence-corrected chi connectivity index (χ3v) is 6.46. The van der Waals surface area contributed by atoms with Crippen molar-refractivity contribution >= 4 is 5.82 Å². The lowest BCUT2D eigenvalue weighted by Crippen LogP contribution is -2.43. The third-order valence-electron chi connectivity index (χ3n) is 6.46. The second kappa shape index (κ2) is 11.3. The molecule has 0 bridgehead atoms. The Hall–Kier alpha value is -2.46. The summed E-state index contributed by atoms with van der Waals surface area (Å²) >= 11 is 0. The SMILES string of the molecule is COc1cc(CN(C)C[C@]2(O)CCN(c3cc(C)ncn3)C2)ccc1OCCN1CCOCC1. The summed E-state index contributed by atoms with van der Waals surface area (Å²) in [4.78, 5) is 15.2. The van der Waals surface area contributed by atoms with E-state index < -0.39 is 5.60 Å². The topological polar surface area (TPSA) is 83.4 Å². The zero-order valence-corrected chi connectivity index (χ0v) is 20.6. The number of methoxy groups -OCH3 is 1. The maximum absolute atomic E-state index is 11.2. The summed E-state index contributed by atoms with van der Waals surface area (Å²) < 4.78 is 17.0. The lowest BCUT2D eigenvalue weighted by molar-refractivity contribution is 0.0279. The van der Waals surface area contributed by atoms with Gasteiger partial charge in [-0.1, -0.05) is 6.07 Å². The van der Waals surface area contributed by atoms with Crippen molar-refractivity contribution in [1.29, 1.82) is 0 Å². The molecule has 0 spiro atoms. The molecule has 1 aromatic heterocycles. The number of β-amino-alcohol motifs (C(OH)–C–C–N with tert-alkyl or cyclic N) is 1. The first-order valence-electron chi connectivity index (χ1n) is 12.0. The van der Waals surface area contributed by atoms with E-state index in [4.69, 9.17) is 14.2 Å². The Bertz CT molecular complexity index is 939. The summed E-state index contributed by atoms with van der Waals surface area (Å²) in [5.74, 6) is 2.37. The number of ether oxygens (including phenoxy) is 3. The zero-order valence-electron chi connectivity index (χ0n) is 20.6. The Kier molecular flexibility index (Phi) is 8.20. The number of morpholine rings is 1. The van der Waals surface area contributed by atoms with Gasteiger partial charge in [0, 0.05) is 57.6 Å². The maximum atomic E-state index is 11.2. The number of hydrogen-bond acceptors (Lipinski definition) is 9. The van der Waals surface area contributed by atoms with Gasteiger partial charge in [0.2, 0.25) is 0 Å². The van der Waals surface area contributed by atoms with Crippen molar-refractivity contribution in [2.45, 2.75) is 25.5 Å². The van der Waals surface area contributed by atoms with E-state index in [-0.39, 0.29) is 0 Å². The van der Waals surface area contributed by atoms with E-state index in [0.29, 0.717) is 32.7 Å². The molecule has 186 valence electrons. The lowest BCUT2D eigenvalue weighted by Gasteiger charge is -2.29. The first-order chi connectivity index (χ1) is 16.4. The molecule has 2 saturated heterocycles. The Balaban J connectivity index is 1.28. The highest BCUT2D eigenvalue weighted by Crippen LogP contribution is 2.30. The first-order valence-corrected chi connectivity index (χ1v) is 12.0. The van der Waals surface area contributed by atoms with Crippen LogP contribution in [0, 0.1) is 6.92 Å². The molecule has 2 aliphatic rings. The number of hydrogen-bond donors (Lipinski definition) is 1. The molecular weight excluding hydrogens is 434 g/mol. The predicted octanol–water partition coefficient (Wildman–Crippen LogP) is 1.58. The monoisotopic (exact) mass is 471 g/mol. The van der Waals surface area contributed by atoms with Crippen LogP contribution in [0.25, 0.3) is 0 Å². The molecule has 0 saturated carbocycles. The highest BCUT2D eigenvalue weighted by molar-refractivity contribution is 5.43. The zero-order chi connectivity index (χ0) is 24.0. The number of aromatic nitrogens is 2. The Labute approximate surface area is 202 Å². The molecule has 3 heterocycles. The molecule has 4 rings (SSSR count). The molecule has 2 aromatic rings. The first kappa shape index (κ1) is 24.7. The minimum Gasteiger partial charge on any atom is -0.493 e. The Morgan fingerprint density at radius 3 is 2.74 bits per heavy atom. The second-order valence-electron chi connectivity index (χ2n) is 9.37. The van der Waals surface area contributed by atoms with Gasteiger partial charge in [-0.2, -0.15) is 0 Å². The molecule has 9 heteroatoms. The van der Waals surface area contributed by atoms with Gasteiger partial charge < -0.3 is 24.2 Å². The van der Waals surface area contributed by atoms with Crippen LogP contribution in [0.1, 0.15) is 17.7 Å². The quantitative estimate of drug-likeness (QED) is 0.555. The average molecular weight is 472 g/mol. The fourth-order valence-electron chi connectivity index (χ4n) is 4.70. The van der Waals surface area contributed by atoms with E-state index in [9.17, 15) is 5.11 Å². The van der Waals surface area contributed by atoms with Crippen LogP contribution in [-0.4, -0.2) is 104 Å². The van der Waals surface area contributed by atoms with Crippen molar-refractivity contribution in [3.63, 3.8) is 0 Å². The third kappa shape index (κ3) is 6.56. The van der Waals surface area contributed by atoms with Gasteiger partial charge >= 0.3 is 0 Å². The van der Waals surface area contributed by atoms with Crippen LogP contribution in [0.5, 0.6) is 11.5 Å². The molecule has 0 aliphatic carbocycles. The molecule has 2 aliphatic heterocycles. The molecule has 1 atom stereocenters. The molecule has 1 N–H and O–H groups in total. The van der Waals surface area contributed by atoms with Crippen LogP contribution >= 0.6 is 0 Å². The molecule has 2 fully saturated rings. The van der Waals surface area contributed by atoms with E-state index in [2.05, 4.69) is 30.7 Å². The molecule has 0 amide bonds. The number of nitrogens with zero attached hydrogens (tertiary/aromatic N) is 5. The summed E-state index contributed by atoms with van der Waals surface area (Å²) in [6.45, 7) is 9.56. The number of aryl methyl sites for hydroxylation is 1. The minimum atomic E-state index is -0.778. The second-order valence-corrected chi connectivity index (χ2v) is 9.37. The number of anilines is 1. The summed E-state index contributed by atoms with van der Waals surface area (Å²) in [6, 6.07) is 8.03. The minimum absolute atomic E-state index is 0.563. The Morgan fingerprint density at radius 2 is 1.97 bits per heavy atom. The fraction of sp³-hybridized carbons (Fsp3) is 0.600. The fourth-order valence-corrected chi connectivity index (χ4v) is 4.70. The van der Waals surface area contributed by atoms with Crippen LogP contribution in [0.3, 0.4) is 0 Å². The maximum Gasteiger partial charge on any atom is 0.161 e. The van der Waals surface area contributed by atoms with Gasteiger partial charge in [0.15, 0.2) is 11.5 Å². The van der Waals surface area contributed by atoms with E-state index in [1.165, 1.54) is 0 Å². The highest BCUT2D eigenvalue weighted by Gasteiger charge is 2.37. The lowest BCUT2D eigenvalue weighted by atomic mass is 10.0. The highest BCUT2D eigenvalue weighted by atomic mass is 16.5. The summed E-state index contributed by atoms with van der Waals surface area (Å²) in [7, 11) is 3.71. The normalized spacial score (nSPS) is 21.3. The van der Waals surface area contributed by atoms with Crippen molar-refractivity contribution in [1.82, 2.24) is 19.8 Å². The van der Waals surface area contributed by atoms with E-state index in [1.54, 1.807) is 13.4 Å². The van der Waals surface area contributed by atoms with E-state index in [0.717, 1.165) is 68.0 Å². The number of rotatable bonds is 10.